The molecule has 0 aliphatic carbocycles. The molecule has 0 bridgehead atoms. The third-order valence-corrected chi connectivity index (χ3v) is 3.68. The summed E-state index contributed by atoms with van der Waals surface area (Å²) in [5, 5.41) is 14.6. The van der Waals surface area contributed by atoms with Gasteiger partial charge < -0.3 is 20.6 Å². The topological polar surface area (TPSA) is 81.7 Å². The molecule has 1 aromatic carbocycles. The number of rotatable bonds is 4. The summed E-state index contributed by atoms with van der Waals surface area (Å²) in [6, 6.07) is 6.58. The molecule has 1 heterocycles. The van der Waals surface area contributed by atoms with Crippen molar-refractivity contribution in [2.24, 2.45) is 0 Å². The lowest BCUT2D eigenvalue weighted by molar-refractivity contribution is 0.0696. The number of carboxylic acids is 1. The summed E-state index contributed by atoms with van der Waals surface area (Å²) >= 11 is 0. The molecular weight excluding hydrogens is 270 g/mol. The van der Waals surface area contributed by atoms with Crippen molar-refractivity contribution in [3.05, 3.63) is 35.4 Å². The Morgan fingerprint density at radius 2 is 2.05 bits per heavy atom. The first-order chi connectivity index (χ1) is 10.0. The van der Waals surface area contributed by atoms with Crippen LogP contribution in [0.15, 0.2) is 24.3 Å². The minimum Gasteiger partial charge on any atom is -0.478 e. The van der Waals surface area contributed by atoms with E-state index in [-0.39, 0.29) is 17.6 Å². The fourth-order valence-electron chi connectivity index (χ4n) is 2.39. The summed E-state index contributed by atoms with van der Waals surface area (Å²) in [5.74, 6) is -0.965. The Balaban J connectivity index is 1.78. The number of amides is 2. The van der Waals surface area contributed by atoms with Crippen molar-refractivity contribution < 1.29 is 14.7 Å². The number of piperidine rings is 1. The van der Waals surface area contributed by atoms with Crippen molar-refractivity contribution in [1.29, 1.82) is 0 Å². The van der Waals surface area contributed by atoms with E-state index in [4.69, 9.17) is 5.11 Å². The summed E-state index contributed by atoms with van der Waals surface area (Å²) < 4.78 is 0. The maximum atomic E-state index is 11.8. The van der Waals surface area contributed by atoms with Gasteiger partial charge in [0.2, 0.25) is 0 Å². The Morgan fingerprint density at radius 3 is 2.71 bits per heavy atom. The number of urea groups is 1. The average Bonchev–Trinajstić information content (AvgIpc) is 2.48. The Kier molecular flexibility index (Phi) is 5.16. The Labute approximate surface area is 124 Å². The van der Waals surface area contributed by atoms with Gasteiger partial charge in [0.15, 0.2) is 0 Å². The molecule has 1 aliphatic rings. The maximum Gasteiger partial charge on any atom is 0.335 e. The third-order valence-electron chi connectivity index (χ3n) is 3.68. The lowest BCUT2D eigenvalue weighted by Gasteiger charge is -2.29. The van der Waals surface area contributed by atoms with Crippen molar-refractivity contribution in [3.8, 4) is 0 Å². The van der Waals surface area contributed by atoms with Crippen LogP contribution in [-0.2, 0) is 6.54 Å². The number of hydrogen-bond donors (Lipinski definition) is 3. The third kappa shape index (κ3) is 4.75. The molecule has 6 heteroatoms. The highest BCUT2D eigenvalue weighted by molar-refractivity contribution is 5.87. The molecule has 6 nitrogen and oxygen atoms in total. The summed E-state index contributed by atoms with van der Waals surface area (Å²) in [5.41, 5.74) is 0.999. The van der Waals surface area contributed by atoms with Crippen LogP contribution < -0.4 is 10.6 Å². The first-order valence-corrected chi connectivity index (χ1v) is 7.10. The quantitative estimate of drug-likeness (QED) is 0.780. The van der Waals surface area contributed by atoms with Crippen LogP contribution in [0.1, 0.15) is 28.8 Å². The number of benzene rings is 1. The first-order valence-electron chi connectivity index (χ1n) is 7.10. The summed E-state index contributed by atoms with van der Waals surface area (Å²) in [6.07, 6.45) is 1.91. The number of carbonyl (C=O) groups is 2. The van der Waals surface area contributed by atoms with E-state index in [9.17, 15) is 9.59 Å². The minimum absolute atomic E-state index is 0.203. The van der Waals surface area contributed by atoms with Gasteiger partial charge in [-0.3, -0.25) is 0 Å². The van der Waals surface area contributed by atoms with Crippen molar-refractivity contribution in [3.63, 3.8) is 0 Å². The molecule has 1 fully saturated rings. The second kappa shape index (κ2) is 7.08. The number of nitrogens with zero attached hydrogens (tertiary/aromatic N) is 1. The van der Waals surface area contributed by atoms with Crippen molar-refractivity contribution in [2.45, 2.75) is 25.4 Å². The van der Waals surface area contributed by atoms with Crippen molar-refractivity contribution in [1.82, 2.24) is 15.5 Å². The van der Waals surface area contributed by atoms with E-state index in [1.807, 2.05) is 0 Å². The normalized spacial score (nSPS) is 16.4. The second-order valence-electron chi connectivity index (χ2n) is 5.41. The van der Waals surface area contributed by atoms with Crippen LogP contribution in [0.2, 0.25) is 0 Å². The molecule has 2 amide bonds. The van der Waals surface area contributed by atoms with E-state index in [0.29, 0.717) is 6.54 Å². The van der Waals surface area contributed by atoms with Gasteiger partial charge in [0, 0.05) is 12.6 Å². The van der Waals surface area contributed by atoms with Crippen LogP contribution in [0.25, 0.3) is 0 Å². The predicted octanol–water partition coefficient (Wildman–Crippen LogP) is 1.28. The molecule has 0 radical (unpaired) electrons. The summed E-state index contributed by atoms with van der Waals surface area (Å²) in [7, 11) is 2.08. The van der Waals surface area contributed by atoms with Crippen LogP contribution in [0.3, 0.4) is 0 Å². The molecule has 0 unspecified atom stereocenters. The monoisotopic (exact) mass is 291 g/mol. The number of likely N-dealkylation sites (tertiary alicyclic amines) is 1. The molecule has 3 N–H and O–H groups in total. The number of carboxylic acid groups (broad SMARTS) is 1. The van der Waals surface area contributed by atoms with Gasteiger partial charge in [-0.2, -0.15) is 0 Å². The lowest BCUT2D eigenvalue weighted by atomic mass is 10.1. The molecule has 2 rings (SSSR count). The zero-order valence-corrected chi connectivity index (χ0v) is 12.1. The molecule has 0 saturated carbocycles. The number of aromatic carboxylic acids is 1. The van der Waals surface area contributed by atoms with Gasteiger partial charge in [-0.05, 0) is 50.7 Å². The molecule has 1 aliphatic heterocycles. The van der Waals surface area contributed by atoms with Crippen molar-refractivity contribution in [2.75, 3.05) is 20.1 Å². The van der Waals surface area contributed by atoms with Crippen LogP contribution in [-0.4, -0.2) is 48.2 Å². The van der Waals surface area contributed by atoms with Crippen LogP contribution in [0.5, 0.6) is 0 Å². The van der Waals surface area contributed by atoms with E-state index in [1.54, 1.807) is 18.2 Å². The van der Waals surface area contributed by atoms with Crippen LogP contribution >= 0.6 is 0 Å². The van der Waals surface area contributed by atoms with E-state index in [2.05, 4.69) is 22.6 Å². The zero-order chi connectivity index (χ0) is 15.2. The van der Waals surface area contributed by atoms with Gasteiger partial charge in [0.1, 0.15) is 0 Å². The average molecular weight is 291 g/mol. The molecule has 1 aromatic rings. The second-order valence-corrected chi connectivity index (χ2v) is 5.41. The number of nitrogens with one attached hydrogen (secondary N) is 2. The van der Waals surface area contributed by atoms with Gasteiger partial charge in [-0.15, -0.1) is 0 Å². The largest absolute Gasteiger partial charge is 0.478 e. The Hall–Kier alpha value is -2.08. The molecule has 1 saturated heterocycles. The van der Waals surface area contributed by atoms with Gasteiger partial charge in [-0.1, -0.05) is 12.1 Å². The van der Waals surface area contributed by atoms with E-state index in [1.165, 1.54) is 6.07 Å². The van der Waals surface area contributed by atoms with Gasteiger partial charge >= 0.3 is 12.0 Å². The number of carbonyl (C=O) groups excluding carboxylic acids is 1. The van der Waals surface area contributed by atoms with Crippen LogP contribution in [0.4, 0.5) is 4.79 Å². The number of hydrogen-bond acceptors (Lipinski definition) is 3. The summed E-state index contributed by atoms with van der Waals surface area (Å²) in [6.45, 7) is 2.30. The maximum absolute atomic E-state index is 11.8. The highest BCUT2D eigenvalue weighted by Gasteiger charge is 2.18. The van der Waals surface area contributed by atoms with E-state index < -0.39 is 5.97 Å². The van der Waals surface area contributed by atoms with Gasteiger partial charge in [0.25, 0.3) is 0 Å². The fraction of sp³-hybridized carbons (Fsp3) is 0.467. The fourth-order valence-corrected chi connectivity index (χ4v) is 2.39. The highest BCUT2D eigenvalue weighted by Crippen LogP contribution is 2.08. The minimum atomic E-state index is -0.965. The van der Waals surface area contributed by atoms with Gasteiger partial charge in [0.05, 0.1) is 5.56 Å². The molecule has 21 heavy (non-hydrogen) atoms. The van der Waals surface area contributed by atoms with E-state index >= 15 is 0 Å². The summed E-state index contributed by atoms with van der Waals surface area (Å²) in [4.78, 5) is 25.0. The van der Waals surface area contributed by atoms with Crippen LogP contribution in [0, 0.1) is 0 Å². The first kappa shape index (κ1) is 15.3. The SMILES string of the molecule is CN1CCC(NC(=O)NCc2cccc(C(=O)O)c2)CC1. The van der Waals surface area contributed by atoms with Gasteiger partial charge in [-0.25, -0.2) is 9.59 Å². The van der Waals surface area contributed by atoms with Crippen molar-refractivity contribution >= 4 is 12.0 Å². The van der Waals surface area contributed by atoms with E-state index in [0.717, 1.165) is 31.5 Å². The Morgan fingerprint density at radius 1 is 1.33 bits per heavy atom. The highest BCUT2D eigenvalue weighted by atomic mass is 16.4. The molecular formula is C15H21N3O3. The molecule has 114 valence electrons. The lowest BCUT2D eigenvalue weighted by Crippen LogP contribution is -2.46. The smallest absolute Gasteiger partial charge is 0.335 e. The molecule has 0 atom stereocenters. The Bertz CT molecular complexity index is 511. The molecule has 0 aromatic heterocycles. The molecule has 0 spiro atoms. The predicted molar refractivity (Wildman–Crippen MR) is 79.3 cm³/mol. The zero-order valence-electron chi connectivity index (χ0n) is 12.1. The standard InChI is InChI=1S/C15H21N3O3/c1-18-7-5-13(6-8-18)17-15(21)16-10-11-3-2-4-12(9-11)14(19)20/h2-4,9,13H,5-8,10H2,1H3,(H,19,20)(H2,16,17,21).